The first-order valence-electron chi connectivity index (χ1n) is 6.35. The van der Waals surface area contributed by atoms with E-state index < -0.39 is 4.92 Å². The maximum absolute atomic E-state index is 11.0. The monoisotopic (exact) mass is 272 g/mol. The van der Waals surface area contributed by atoms with Crippen molar-refractivity contribution in [2.75, 3.05) is 11.9 Å². The molecular formula is C15H16N2O3. The van der Waals surface area contributed by atoms with E-state index >= 15 is 0 Å². The third-order valence-corrected chi connectivity index (χ3v) is 3.01. The molecule has 0 aliphatic heterocycles. The molecule has 0 saturated carbocycles. The molecule has 0 aliphatic carbocycles. The van der Waals surface area contributed by atoms with Crippen molar-refractivity contribution in [3.63, 3.8) is 0 Å². The number of aliphatic hydroxyl groups is 1. The van der Waals surface area contributed by atoms with Crippen LogP contribution in [0.5, 0.6) is 0 Å². The normalized spacial score (nSPS) is 11.8. The molecule has 2 N–H and O–H groups in total. The summed E-state index contributed by atoms with van der Waals surface area (Å²) in [5.74, 6) is 0. The predicted molar refractivity (Wildman–Crippen MR) is 77.7 cm³/mol. The summed E-state index contributed by atoms with van der Waals surface area (Å²) in [7, 11) is 0. The van der Waals surface area contributed by atoms with Gasteiger partial charge in [0.15, 0.2) is 0 Å². The van der Waals surface area contributed by atoms with Crippen LogP contribution in [0.15, 0.2) is 54.6 Å². The number of benzene rings is 2. The molecule has 0 aromatic heterocycles. The van der Waals surface area contributed by atoms with Crippen LogP contribution in [0.1, 0.15) is 5.56 Å². The van der Waals surface area contributed by atoms with E-state index in [1.807, 2.05) is 30.3 Å². The van der Waals surface area contributed by atoms with E-state index in [0.29, 0.717) is 12.1 Å². The van der Waals surface area contributed by atoms with Gasteiger partial charge in [-0.15, -0.1) is 0 Å². The molecule has 2 aromatic carbocycles. The highest BCUT2D eigenvalue weighted by molar-refractivity contribution is 5.61. The summed E-state index contributed by atoms with van der Waals surface area (Å²) in [6, 6.07) is 15.9. The van der Waals surface area contributed by atoms with Gasteiger partial charge >= 0.3 is 0 Å². The van der Waals surface area contributed by atoms with Crippen molar-refractivity contribution in [1.82, 2.24) is 0 Å². The number of aliphatic hydroxyl groups excluding tert-OH is 1. The highest BCUT2D eigenvalue weighted by Crippen LogP contribution is 2.24. The van der Waals surface area contributed by atoms with E-state index in [2.05, 4.69) is 5.32 Å². The number of nitro groups is 1. The van der Waals surface area contributed by atoms with Crippen molar-refractivity contribution < 1.29 is 10.0 Å². The summed E-state index contributed by atoms with van der Waals surface area (Å²) >= 11 is 0. The summed E-state index contributed by atoms with van der Waals surface area (Å²) in [5.41, 5.74) is 1.50. The van der Waals surface area contributed by atoms with Gasteiger partial charge in [0, 0.05) is 6.07 Å². The summed E-state index contributed by atoms with van der Waals surface area (Å²) in [5, 5.41) is 23.4. The maximum Gasteiger partial charge on any atom is 0.292 e. The number of nitro benzene ring substituents is 1. The Morgan fingerprint density at radius 1 is 1.10 bits per heavy atom. The fourth-order valence-electron chi connectivity index (χ4n) is 2.03. The molecule has 2 rings (SSSR count). The highest BCUT2D eigenvalue weighted by Gasteiger charge is 2.16. The average Bonchev–Trinajstić information content (AvgIpc) is 2.48. The third-order valence-electron chi connectivity index (χ3n) is 3.01. The largest absolute Gasteiger partial charge is 0.394 e. The lowest BCUT2D eigenvalue weighted by molar-refractivity contribution is -0.384. The topological polar surface area (TPSA) is 75.4 Å². The molecule has 0 radical (unpaired) electrons. The third kappa shape index (κ3) is 3.55. The molecular weight excluding hydrogens is 256 g/mol. The second kappa shape index (κ2) is 6.68. The summed E-state index contributed by atoms with van der Waals surface area (Å²) in [6.45, 7) is -0.0963. The first-order chi connectivity index (χ1) is 9.70. The van der Waals surface area contributed by atoms with Gasteiger partial charge < -0.3 is 10.4 Å². The SMILES string of the molecule is O=[N+]([O-])c1ccccc1N[C@H](CO)Cc1ccccc1. The quantitative estimate of drug-likeness (QED) is 0.626. The Hall–Kier alpha value is -2.40. The zero-order chi connectivity index (χ0) is 14.4. The summed E-state index contributed by atoms with van der Waals surface area (Å²) < 4.78 is 0. The Balaban J connectivity index is 2.13. The highest BCUT2D eigenvalue weighted by atomic mass is 16.6. The Morgan fingerprint density at radius 3 is 2.40 bits per heavy atom. The van der Waals surface area contributed by atoms with Crippen molar-refractivity contribution in [2.24, 2.45) is 0 Å². The lowest BCUT2D eigenvalue weighted by Crippen LogP contribution is -2.26. The Labute approximate surface area is 117 Å². The molecule has 0 heterocycles. The van der Waals surface area contributed by atoms with Crippen LogP contribution in [0, 0.1) is 10.1 Å². The van der Waals surface area contributed by atoms with Gasteiger partial charge in [-0.1, -0.05) is 42.5 Å². The van der Waals surface area contributed by atoms with Gasteiger partial charge in [-0.25, -0.2) is 0 Å². The first-order valence-corrected chi connectivity index (χ1v) is 6.35. The van der Waals surface area contributed by atoms with Gasteiger partial charge in [0.1, 0.15) is 5.69 Å². The number of anilines is 1. The first kappa shape index (κ1) is 14.0. The Morgan fingerprint density at radius 2 is 1.75 bits per heavy atom. The minimum Gasteiger partial charge on any atom is -0.394 e. The molecule has 2 aromatic rings. The molecule has 0 unspecified atom stereocenters. The number of hydrogen-bond acceptors (Lipinski definition) is 4. The Kier molecular flexibility index (Phi) is 4.68. The lowest BCUT2D eigenvalue weighted by Gasteiger charge is -2.17. The summed E-state index contributed by atoms with van der Waals surface area (Å²) in [4.78, 5) is 10.5. The van der Waals surface area contributed by atoms with E-state index in [4.69, 9.17) is 0 Å². The van der Waals surface area contributed by atoms with E-state index in [-0.39, 0.29) is 18.3 Å². The van der Waals surface area contributed by atoms with Gasteiger partial charge in [-0.05, 0) is 18.1 Å². The standard InChI is InChI=1S/C15H16N2O3/c18-11-13(10-12-6-2-1-3-7-12)16-14-8-4-5-9-15(14)17(19)20/h1-9,13,16,18H,10-11H2/t13-/m0/s1. The molecule has 0 saturated heterocycles. The number of nitrogens with one attached hydrogen (secondary N) is 1. The fourth-order valence-corrected chi connectivity index (χ4v) is 2.03. The second-order valence-corrected chi connectivity index (χ2v) is 4.49. The van der Waals surface area contributed by atoms with E-state index in [0.717, 1.165) is 5.56 Å². The molecule has 5 heteroatoms. The molecule has 0 bridgehead atoms. The van der Waals surface area contributed by atoms with Gasteiger partial charge in [0.05, 0.1) is 17.6 Å². The van der Waals surface area contributed by atoms with Crippen LogP contribution in [0.4, 0.5) is 11.4 Å². The zero-order valence-electron chi connectivity index (χ0n) is 10.9. The van der Waals surface area contributed by atoms with Gasteiger partial charge in [-0.2, -0.15) is 0 Å². The molecule has 20 heavy (non-hydrogen) atoms. The number of rotatable bonds is 6. The van der Waals surface area contributed by atoms with E-state index in [1.54, 1.807) is 18.2 Å². The molecule has 0 spiro atoms. The second-order valence-electron chi connectivity index (χ2n) is 4.49. The van der Waals surface area contributed by atoms with Crippen LogP contribution in [-0.4, -0.2) is 22.7 Å². The van der Waals surface area contributed by atoms with Crippen LogP contribution < -0.4 is 5.32 Å². The van der Waals surface area contributed by atoms with Crippen LogP contribution in [0.25, 0.3) is 0 Å². The van der Waals surface area contributed by atoms with Crippen LogP contribution in [0.2, 0.25) is 0 Å². The van der Waals surface area contributed by atoms with Gasteiger partial charge in [0.2, 0.25) is 0 Å². The van der Waals surface area contributed by atoms with Gasteiger partial charge in [-0.3, -0.25) is 10.1 Å². The van der Waals surface area contributed by atoms with Crippen molar-refractivity contribution in [3.05, 3.63) is 70.3 Å². The molecule has 5 nitrogen and oxygen atoms in total. The predicted octanol–water partition coefficient (Wildman–Crippen LogP) is 2.61. The molecule has 0 amide bonds. The molecule has 104 valence electrons. The molecule has 1 atom stereocenters. The number of nitrogens with zero attached hydrogens (tertiary/aromatic N) is 1. The fraction of sp³-hybridized carbons (Fsp3) is 0.200. The number of hydrogen-bond donors (Lipinski definition) is 2. The van der Waals surface area contributed by atoms with E-state index in [1.165, 1.54) is 6.07 Å². The van der Waals surface area contributed by atoms with Crippen molar-refractivity contribution >= 4 is 11.4 Å². The van der Waals surface area contributed by atoms with Crippen LogP contribution >= 0.6 is 0 Å². The van der Waals surface area contributed by atoms with Gasteiger partial charge in [0.25, 0.3) is 5.69 Å². The van der Waals surface area contributed by atoms with Crippen LogP contribution in [-0.2, 0) is 6.42 Å². The minimum absolute atomic E-state index is 0.0130. The minimum atomic E-state index is -0.431. The van der Waals surface area contributed by atoms with Crippen molar-refractivity contribution in [1.29, 1.82) is 0 Å². The van der Waals surface area contributed by atoms with Crippen molar-refractivity contribution in [3.8, 4) is 0 Å². The maximum atomic E-state index is 11.0. The van der Waals surface area contributed by atoms with Crippen molar-refractivity contribution in [2.45, 2.75) is 12.5 Å². The van der Waals surface area contributed by atoms with E-state index in [9.17, 15) is 15.2 Å². The average molecular weight is 272 g/mol. The summed E-state index contributed by atoms with van der Waals surface area (Å²) in [6.07, 6.45) is 0.601. The van der Waals surface area contributed by atoms with Crippen LogP contribution in [0.3, 0.4) is 0 Å². The molecule has 0 aliphatic rings. The lowest BCUT2D eigenvalue weighted by atomic mass is 10.1. The molecule has 0 fully saturated rings. The smallest absolute Gasteiger partial charge is 0.292 e. The Bertz CT molecular complexity index is 572. The number of para-hydroxylation sites is 2. The zero-order valence-corrected chi connectivity index (χ0v) is 10.9.